The predicted molar refractivity (Wildman–Crippen MR) is 72.1 cm³/mol. The van der Waals surface area contributed by atoms with Gasteiger partial charge in [0.05, 0.1) is 11.4 Å². The molecule has 1 aromatic rings. The molecule has 4 nitrogen and oxygen atoms in total. The van der Waals surface area contributed by atoms with Crippen molar-refractivity contribution >= 4 is 10.0 Å². The van der Waals surface area contributed by atoms with E-state index in [0.717, 1.165) is 12.6 Å². The van der Waals surface area contributed by atoms with Gasteiger partial charge in [0.1, 0.15) is 0 Å². The number of halogens is 2. The van der Waals surface area contributed by atoms with Crippen LogP contribution in [0.1, 0.15) is 18.4 Å². The maximum absolute atomic E-state index is 12.3. The van der Waals surface area contributed by atoms with Gasteiger partial charge >= 0.3 is 0 Å². The summed E-state index contributed by atoms with van der Waals surface area (Å²) in [5.41, 5.74) is 0.979. The van der Waals surface area contributed by atoms with Crippen LogP contribution in [0.15, 0.2) is 29.2 Å². The summed E-state index contributed by atoms with van der Waals surface area (Å²) in [6.07, 6.45) is -0.313. The molecule has 0 bridgehead atoms. The fourth-order valence-electron chi connectivity index (χ4n) is 1.80. The first-order chi connectivity index (χ1) is 9.39. The first-order valence-electron chi connectivity index (χ1n) is 6.46. The zero-order chi connectivity index (χ0) is 14.8. The maximum Gasteiger partial charge on any atom is 0.252 e. The Labute approximate surface area is 117 Å². The van der Waals surface area contributed by atoms with Gasteiger partial charge in [-0.15, -0.1) is 0 Å². The molecule has 112 valence electrons. The quantitative estimate of drug-likeness (QED) is 0.836. The number of nitrogens with zero attached hydrogens (tertiary/aromatic N) is 1. The van der Waals surface area contributed by atoms with Crippen molar-refractivity contribution < 1.29 is 17.2 Å². The minimum absolute atomic E-state index is 0.0378. The van der Waals surface area contributed by atoms with Crippen molar-refractivity contribution in [3.8, 4) is 0 Å². The van der Waals surface area contributed by atoms with Gasteiger partial charge in [-0.3, -0.25) is 0 Å². The van der Waals surface area contributed by atoms with E-state index < -0.39 is 23.0 Å². The molecular weight excluding hydrogens is 286 g/mol. The predicted octanol–water partition coefficient (Wildman–Crippen LogP) is 1.82. The van der Waals surface area contributed by atoms with Crippen LogP contribution in [-0.4, -0.2) is 38.8 Å². The van der Waals surface area contributed by atoms with E-state index in [9.17, 15) is 17.2 Å². The largest absolute Gasteiger partial charge is 0.310 e. The fourth-order valence-corrected chi connectivity index (χ4v) is 2.95. The third kappa shape index (κ3) is 3.97. The van der Waals surface area contributed by atoms with Gasteiger partial charge < -0.3 is 5.32 Å². The Morgan fingerprint density at radius 2 is 1.90 bits per heavy atom. The second-order valence-electron chi connectivity index (χ2n) is 4.98. The lowest BCUT2D eigenvalue weighted by molar-refractivity contribution is 0.126. The summed E-state index contributed by atoms with van der Waals surface area (Å²) in [5.74, 6) is 0. The zero-order valence-electron chi connectivity index (χ0n) is 11.2. The van der Waals surface area contributed by atoms with Crippen LogP contribution in [0.5, 0.6) is 0 Å². The van der Waals surface area contributed by atoms with Gasteiger partial charge in [-0.05, 0) is 30.5 Å². The van der Waals surface area contributed by atoms with Crippen LogP contribution in [0, 0.1) is 0 Å². The standard InChI is InChI=1S/C13H18F2N2O2S/c1-17(9-13(14)15)20(18,19)12-6-2-10(3-7-12)8-16-11-4-5-11/h2-3,6-7,11,13,16H,4-5,8-9H2,1H3. The van der Waals surface area contributed by atoms with Gasteiger partial charge in [-0.1, -0.05) is 12.1 Å². The molecule has 0 unspecified atom stereocenters. The Morgan fingerprint density at radius 1 is 1.30 bits per heavy atom. The van der Waals surface area contributed by atoms with E-state index in [1.807, 2.05) is 0 Å². The third-order valence-electron chi connectivity index (χ3n) is 3.20. The molecule has 2 rings (SSSR count). The molecule has 0 amide bonds. The first kappa shape index (κ1) is 15.3. The summed E-state index contributed by atoms with van der Waals surface area (Å²) in [4.78, 5) is 0.0378. The second-order valence-corrected chi connectivity index (χ2v) is 7.02. The number of benzene rings is 1. The summed E-state index contributed by atoms with van der Waals surface area (Å²) < 4.78 is 49.3. The van der Waals surface area contributed by atoms with E-state index in [1.54, 1.807) is 12.1 Å². The number of hydrogen-bond acceptors (Lipinski definition) is 3. The molecule has 0 heterocycles. The molecule has 0 saturated heterocycles. The summed E-state index contributed by atoms with van der Waals surface area (Å²) in [5, 5.41) is 3.32. The van der Waals surface area contributed by atoms with Gasteiger partial charge in [0, 0.05) is 19.6 Å². The number of rotatable bonds is 7. The SMILES string of the molecule is CN(CC(F)F)S(=O)(=O)c1ccc(CNC2CC2)cc1. The zero-order valence-corrected chi connectivity index (χ0v) is 12.0. The minimum atomic E-state index is -3.84. The first-order valence-corrected chi connectivity index (χ1v) is 7.90. The highest BCUT2D eigenvalue weighted by atomic mass is 32.2. The van der Waals surface area contributed by atoms with Gasteiger partial charge in [-0.25, -0.2) is 17.2 Å². The number of sulfonamides is 1. The molecule has 1 aromatic carbocycles. The van der Waals surface area contributed by atoms with Crippen molar-refractivity contribution in [3.05, 3.63) is 29.8 Å². The lowest BCUT2D eigenvalue weighted by atomic mass is 10.2. The Bertz CT molecular complexity index is 542. The lowest BCUT2D eigenvalue weighted by Crippen LogP contribution is -2.31. The second kappa shape index (κ2) is 6.15. The van der Waals surface area contributed by atoms with Crippen LogP contribution in [0.3, 0.4) is 0 Å². The highest BCUT2D eigenvalue weighted by Gasteiger charge is 2.23. The molecule has 1 saturated carbocycles. The summed E-state index contributed by atoms with van der Waals surface area (Å²) in [7, 11) is -2.68. The van der Waals surface area contributed by atoms with Crippen LogP contribution in [-0.2, 0) is 16.6 Å². The van der Waals surface area contributed by atoms with Gasteiger partial charge in [0.15, 0.2) is 0 Å². The highest BCUT2D eigenvalue weighted by molar-refractivity contribution is 7.89. The van der Waals surface area contributed by atoms with E-state index in [1.165, 1.54) is 25.0 Å². The molecule has 20 heavy (non-hydrogen) atoms. The van der Waals surface area contributed by atoms with E-state index in [4.69, 9.17) is 0 Å². The molecule has 7 heteroatoms. The topological polar surface area (TPSA) is 49.4 Å². The van der Waals surface area contributed by atoms with Crippen LogP contribution in [0.2, 0.25) is 0 Å². The van der Waals surface area contributed by atoms with Crippen molar-refractivity contribution in [2.24, 2.45) is 0 Å². The van der Waals surface area contributed by atoms with E-state index >= 15 is 0 Å². The third-order valence-corrected chi connectivity index (χ3v) is 5.04. The van der Waals surface area contributed by atoms with E-state index in [0.29, 0.717) is 16.9 Å². The molecule has 1 fully saturated rings. The van der Waals surface area contributed by atoms with Crippen LogP contribution in [0.25, 0.3) is 0 Å². The van der Waals surface area contributed by atoms with Crippen molar-refractivity contribution in [1.29, 1.82) is 0 Å². The molecule has 0 aliphatic heterocycles. The minimum Gasteiger partial charge on any atom is -0.310 e. The van der Waals surface area contributed by atoms with E-state index in [-0.39, 0.29) is 4.90 Å². The monoisotopic (exact) mass is 304 g/mol. The molecule has 0 spiro atoms. The summed E-state index contributed by atoms with van der Waals surface area (Å²) in [6, 6.07) is 6.91. The molecule has 0 radical (unpaired) electrons. The number of alkyl halides is 2. The Balaban J connectivity index is 2.03. The summed E-state index contributed by atoms with van der Waals surface area (Å²) >= 11 is 0. The summed E-state index contributed by atoms with van der Waals surface area (Å²) in [6.45, 7) is -0.106. The Hall–Kier alpha value is -1.05. The molecular formula is C13H18F2N2O2S. The Morgan fingerprint density at radius 3 is 2.40 bits per heavy atom. The van der Waals surface area contributed by atoms with Crippen LogP contribution >= 0.6 is 0 Å². The lowest BCUT2D eigenvalue weighted by Gasteiger charge is -2.16. The normalized spacial score (nSPS) is 16.1. The Kier molecular flexibility index (Phi) is 4.72. The average molecular weight is 304 g/mol. The molecule has 1 N–H and O–H groups in total. The highest BCUT2D eigenvalue weighted by Crippen LogP contribution is 2.20. The number of nitrogens with one attached hydrogen (secondary N) is 1. The number of hydrogen-bond donors (Lipinski definition) is 1. The van der Waals surface area contributed by atoms with Crippen molar-refractivity contribution in [2.75, 3.05) is 13.6 Å². The van der Waals surface area contributed by atoms with Crippen molar-refractivity contribution in [1.82, 2.24) is 9.62 Å². The van der Waals surface area contributed by atoms with Gasteiger partial charge in [0.25, 0.3) is 6.43 Å². The van der Waals surface area contributed by atoms with E-state index in [2.05, 4.69) is 5.32 Å². The molecule has 1 aliphatic rings. The van der Waals surface area contributed by atoms with Crippen LogP contribution in [0.4, 0.5) is 8.78 Å². The smallest absolute Gasteiger partial charge is 0.252 e. The van der Waals surface area contributed by atoms with Gasteiger partial charge in [0.2, 0.25) is 10.0 Å². The maximum atomic E-state index is 12.3. The average Bonchev–Trinajstić information content (AvgIpc) is 3.20. The van der Waals surface area contributed by atoms with Crippen molar-refractivity contribution in [3.63, 3.8) is 0 Å². The molecule has 1 aliphatic carbocycles. The van der Waals surface area contributed by atoms with Gasteiger partial charge in [-0.2, -0.15) is 4.31 Å². The van der Waals surface area contributed by atoms with Crippen molar-refractivity contribution in [2.45, 2.75) is 36.7 Å². The molecule has 0 atom stereocenters. The molecule has 0 aromatic heterocycles. The fraction of sp³-hybridized carbons (Fsp3) is 0.538. The van der Waals surface area contributed by atoms with Crippen LogP contribution < -0.4 is 5.32 Å².